The summed E-state index contributed by atoms with van der Waals surface area (Å²) in [5.74, 6) is 0. The predicted octanol–water partition coefficient (Wildman–Crippen LogP) is 3.57. The molecule has 0 radical (unpaired) electrons. The van der Waals surface area contributed by atoms with Crippen LogP contribution in [0, 0.1) is 0 Å². The summed E-state index contributed by atoms with van der Waals surface area (Å²) in [6.07, 6.45) is 7.70. The third-order valence-electron chi connectivity index (χ3n) is 3.20. The summed E-state index contributed by atoms with van der Waals surface area (Å²) in [5, 5.41) is 4.77. The summed E-state index contributed by atoms with van der Waals surface area (Å²) in [4.78, 5) is 18.5. The van der Waals surface area contributed by atoms with Gasteiger partial charge in [-0.25, -0.2) is 4.98 Å². The van der Waals surface area contributed by atoms with E-state index >= 15 is 0 Å². The average molecular weight is 309 g/mol. The second-order valence-corrected chi connectivity index (χ2v) is 5.83. The number of allylic oxidation sites excluding steroid dienone is 1. The lowest BCUT2D eigenvalue weighted by Crippen LogP contribution is -2.15. The molecule has 3 aromatic rings. The average Bonchev–Trinajstić information content (AvgIpc) is 2.98. The molecule has 0 aliphatic rings. The monoisotopic (exact) mass is 309 g/mol. The van der Waals surface area contributed by atoms with Crippen molar-refractivity contribution in [1.29, 1.82) is 0 Å². The summed E-state index contributed by atoms with van der Waals surface area (Å²) >= 11 is 1.56. The van der Waals surface area contributed by atoms with Gasteiger partial charge in [-0.1, -0.05) is 43.3 Å². The molecular formula is C17H15N3OS. The van der Waals surface area contributed by atoms with Crippen molar-refractivity contribution in [3.8, 4) is 0 Å². The molecule has 2 aromatic heterocycles. The number of hydrogen-bond acceptors (Lipinski definition) is 4. The van der Waals surface area contributed by atoms with Crippen molar-refractivity contribution < 1.29 is 0 Å². The minimum absolute atomic E-state index is 0.134. The summed E-state index contributed by atoms with van der Waals surface area (Å²) in [7, 11) is 0. The van der Waals surface area contributed by atoms with Crippen molar-refractivity contribution in [3.05, 3.63) is 69.6 Å². The Morgan fingerprint density at radius 1 is 1.32 bits per heavy atom. The lowest BCUT2D eigenvalue weighted by atomic mass is 10.2. The molecule has 0 spiro atoms. The first-order valence-corrected chi connectivity index (χ1v) is 7.85. The highest BCUT2D eigenvalue weighted by atomic mass is 32.1. The highest BCUT2D eigenvalue weighted by Crippen LogP contribution is 2.20. The van der Waals surface area contributed by atoms with Crippen LogP contribution in [-0.2, 0) is 6.42 Å². The summed E-state index contributed by atoms with van der Waals surface area (Å²) in [6, 6.07) is 11.8. The topological polar surface area (TPSA) is 47.2 Å². The third-order valence-corrected chi connectivity index (χ3v) is 4.39. The fourth-order valence-corrected chi connectivity index (χ4v) is 2.97. The number of fused-ring (bicyclic) bond motifs is 1. The minimum Gasteiger partial charge on any atom is -0.267 e. The van der Waals surface area contributed by atoms with Crippen molar-refractivity contribution in [2.24, 2.45) is 5.10 Å². The first-order valence-electron chi connectivity index (χ1n) is 7.04. The third kappa shape index (κ3) is 3.04. The van der Waals surface area contributed by atoms with Crippen LogP contribution in [0.4, 0.5) is 0 Å². The van der Waals surface area contributed by atoms with Gasteiger partial charge in [0.25, 0.3) is 5.56 Å². The van der Waals surface area contributed by atoms with Crippen LogP contribution in [0.2, 0.25) is 0 Å². The van der Waals surface area contributed by atoms with Gasteiger partial charge in [0.05, 0.1) is 5.39 Å². The van der Waals surface area contributed by atoms with E-state index in [1.165, 1.54) is 11.0 Å². The molecule has 2 heterocycles. The van der Waals surface area contributed by atoms with E-state index in [0.717, 1.165) is 21.7 Å². The molecule has 0 atom stereocenters. The van der Waals surface area contributed by atoms with Crippen LogP contribution in [0.15, 0.2) is 58.7 Å². The molecule has 0 saturated carbocycles. The van der Waals surface area contributed by atoms with E-state index in [9.17, 15) is 4.79 Å². The van der Waals surface area contributed by atoms with Crippen LogP contribution in [0.1, 0.15) is 17.4 Å². The highest BCUT2D eigenvalue weighted by Gasteiger charge is 2.07. The summed E-state index contributed by atoms with van der Waals surface area (Å²) in [5.41, 5.74) is 0.950. The van der Waals surface area contributed by atoms with Crippen molar-refractivity contribution in [2.45, 2.75) is 13.3 Å². The Balaban J connectivity index is 1.84. The predicted molar refractivity (Wildman–Crippen MR) is 92.6 cm³/mol. The van der Waals surface area contributed by atoms with Gasteiger partial charge >= 0.3 is 0 Å². The first kappa shape index (κ1) is 14.4. The van der Waals surface area contributed by atoms with Gasteiger partial charge in [0, 0.05) is 11.1 Å². The number of nitrogens with zero attached hydrogens (tertiary/aromatic N) is 3. The number of aryl methyl sites for hydroxylation is 1. The Kier molecular flexibility index (Phi) is 4.25. The van der Waals surface area contributed by atoms with Gasteiger partial charge in [0.1, 0.15) is 11.2 Å². The molecule has 0 bridgehead atoms. The van der Waals surface area contributed by atoms with Crippen LogP contribution >= 0.6 is 11.3 Å². The summed E-state index contributed by atoms with van der Waals surface area (Å²) in [6.45, 7) is 2.07. The molecule has 1 aromatic carbocycles. The molecule has 5 heteroatoms. The van der Waals surface area contributed by atoms with Crippen LogP contribution in [0.3, 0.4) is 0 Å². The Labute approximate surface area is 132 Å². The second kappa shape index (κ2) is 6.49. The molecule has 110 valence electrons. The zero-order valence-corrected chi connectivity index (χ0v) is 13.0. The molecule has 0 aliphatic heterocycles. The van der Waals surface area contributed by atoms with Gasteiger partial charge in [0.15, 0.2) is 0 Å². The number of aromatic nitrogens is 2. The van der Waals surface area contributed by atoms with E-state index in [1.54, 1.807) is 23.6 Å². The Hall–Kier alpha value is -2.53. The van der Waals surface area contributed by atoms with E-state index in [0.29, 0.717) is 5.39 Å². The van der Waals surface area contributed by atoms with Crippen molar-refractivity contribution >= 4 is 33.8 Å². The molecule has 0 unspecified atom stereocenters. The number of rotatable bonds is 4. The number of thiophene rings is 1. The minimum atomic E-state index is -0.134. The van der Waals surface area contributed by atoms with E-state index in [2.05, 4.69) is 17.0 Å². The van der Waals surface area contributed by atoms with Crippen molar-refractivity contribution in [1.82, 2.24) is 9.66 Å². The molecule has 22 heavy (non-hydrogen) atoms. The molecule has 0 aliphatic carbocycles. The van der Waals surface area contributed by atoms with E-state index in [4.69, 9.17) is 0 Å². The Morgan fingerprint density at radius 3 is 2.91 bits per heavy atom. The zero-order chi connectivity index (χ0) is 15.4. The highest BCUT2D eigenvalue weighted by molar-refractivity contribution is 7.18. The number of benzene rings is 1. The standard InChI is InChI=1S/C17H15N3OS/c1-2-14-11-15-16(22-14)18-12-20(17(15)21)19-10-6-9-13-7-4-3-5-8-13/h3-12H,2H2,1H3/b9-6+,19-10-. The maximum atomic E-state index is 12.3. The second-order valence-electron chi connectivity index (χ2n) is 4.71. The van der Waals surface area contributed by atoms with Crippen LogP contribution in [0.5, 0.6) is 0 Å². The van der Waals surface area contributed by atoms with Gasteiger partial charge in [-0.2, -0.15) is 9.78 Å². The normalized spacial score (nSPS) is 11.9. The lowest BCUT2D eigenvalue weighted by molar-refractivity contribution is 0.819. The molecule has 0 N–H and O–H groups in total. The Bertz CT molecular complexity index is 891. The first-order chi connectivity index (χ1) is 10.8. The molecule has 0 fully saturated rings. The van der Waals surface area contributed by atoms with E-state index < -0.39 is 0 Å². The molecule has 4 nitrogen and oxygen atoms in total. The quantitative estimate of drug-likeness (QED) is 0.692. The van der Waals surface area contributed by atoms with E-state index in [-0.39, 0.29) is 5.56 Å². The molecule has 0 saturated heterocycles. The maximum Gasteiger partial charge on any atom is 0.282 e. The van der Waals surface area contributed by atoms with Gasteiger partial charge < -0.3 is 0 Å². The summed E-state index contributed by atoms with van der Waals surface area (Å²) < 4.78 is 1.27. The lowest BCUT2D eigenvalue weighted by Gasteiger charge is -1.95. The maximum absolute atomic E-state index is 12.3. The smallest absolute Gasteiger partial charge is 0.267 e. The molecule has 0 amide bonds. The fourth-order valence-electron chi connectivity index (χ4n) is 2.05. The van der Waals surface area contributed by atoms with Gasteiger partial charge in [-0.3, -0.25) is 4.79 Å². The van der Waals surface area contributed by atoms with E-state index in [1.807, 2.05) is 42.5 Å². The molecular weight excluding hydrogens is 294 g/mol. The van der Waals surface area contributed by atoms with Crippen molar-refractivity contribution in [3.63, 3.8) is 0 Å². The van der Waals surface area contributed by atoms with Crippen LogP contribution < -0.4 is 5.56 Å². The number of hydrogen-bond donors (Lipinski definition) is 0. The molecule has 3 rings (SSSR count). The van der Waals surface area contributed by atoms with Crippen molar-refractivity contribution in [2.75, 3.05) is 0 Å². The zero-order valence-electron chi connectivity index (χ0n) is 12.1. The van der Waals surface area contributed by atoms with Gasteiger partial charge in [-0.15, -0.1) is 11.3 Å². The van der Waals surface area contributed by atoms with Gasteiger partial charge in [0.2, 0.25) is 0 Å². The van der Waals surface area contributed by atoms with Crippen LogP contribution in [-0.4, -0.2) is 15.9 Å². The van der Waals surface area contributed by atoms with Gasteiger partial charge in [-0.05, 0) is 24.1 Å². The Morgan fingerprint density at radius 2 is 2.14 bits per heavy atom. The fraction of sp³-hybridized carbons (Fsp3) is 0.118. The SMILES string of the molecule is CCc1cc2c(=O)n(/N=C\C=C\c3ccccc3)cnc2s1. The van der Waals surface area contributed by atoms with Crippen LogP contribution in [0.25, 0.3) is 16.3 Å². The largest absolute Gasteiger partial charge is 0.282 e.